The van der Waals surface area contributed by atoms with E-state index in [0.717, 1.165) is 25.1 Å². The highest BCUT2D eigenvalue weighted by atomic mass is 15.0. The second kappa shape index (κ2) is 5.47. The molecule has 0 aliphatic heterocycles. The van der Waals surface area contributed by atoms with Crippen LogP contribution in [0.25, 0.3) is 0 Å². The van der Waals surface area contributed by atoms with Gasteiger partial charge in [-0.05, 0) is 18.4 Å². The van der Waals surface area contributed by atoms with E-state index in [-0.39, 0.29) is 0 Å². The van der Waals surface area contributed by atoms with Crippen molar-refractivity contribution in [2.75, 3.05) is 0 Å². The third-order valence-corrected chi connectivity index (χ3v) is 2.71. The summed E-state index contributed by atoms with van der Waals surface area (Å²) in [7, 11) is 0. The molecule has 16 heavy (non-hydrogen) atoms. The van der Waals surface area contributed by atoms with Crippen molar-refractivity contribution in [1.29, 1.82) is 0 Å². The molecule has 0 amide bonds. The minimum absolute atomic E-state index is 0.561. The van der Waals surface area contributed by atoms with Crippen LogP contribution >= 0.6 is 0 Å². The Morgan fingerprint density at radius 3 is 2.75 bits per heavy atom. The lowest BCUT2D eigenvalue weighted by molar-refractivity contribution is 0.617. The Bertz CT molecular complexity index is 420. The topological polar surface area (TPSA) is 43.8 Å². The molecule has 1 aromatic carbocycles. The molecule has 0 spiro atoms. The van der Waals surface area contributed by atoms with Crippen molar-refractivity contribution in [2.24, 2.45) is 5.73 Å². The molecule has 3 nitrogen and oxygen atoms in total. The fourth-order valence-electron chi connectivity index (χ4n) is 1.82. The van der Waals surface area contributed by atoms with E-state index in [1.807, 2.05) is 18.6 Å². The van der Waals surface area contributed by atoms with Crippen LogP contribution in [0.1, 0.15) is 17.7 Å². The quantitative estimate of drug-likeness (QED) is 0.828. The first-order chi connectivity index (χ1) is 7.90. The van der Waals surface area contributed by atoms with Crippen LogP contribution < -0.4 is 5.73 Å². The first-order valence-electron chi connectivity index (χ1n) is 5.63. The van der Waals surface area contributed by atoms with Crippen LogP contribution in [-0.2, 0) is 19.5 Å². The molecule has 0 saturated carbocycles. The van der Waals surface area contributed by atoms with Crippen molar-refractivity contribution in [3.05, 3.63) is 54.1 Å². The van der Waals surface area contributed by atoms with Crippen molar-refractivity contribution >= 4 is 0 Å². The van der Waals surface area contributed by atoms with E-state index in [0.29, 0.717) is 6.54 Å². The van der Waals surface area contributed by atoms with Crippen LogP contribution in [0.3, 0.4) is 0 Å². The molecule has 0 fully saturated rings. The molecule has 0 saturated heterocycles. The van der Waals surface area contributed by atoms with E-state index in [4.69, 9.17) is 5.73 Å². The molecule has 0 radical (unpaired) electrons. The SMILES string of the molecule is NCc1cncn1CCCc1ccccc1. The molecule has 0 atom stereocenters. The van der Waals surface area contributed by atoms with Crippen molar-refractivity contribution in [3.63, 3.8) is 0 Å². The Labute approximate surface area is 95.9 Å². The number of nitrogens with two attached hydrogens (primary N) is 1. The number of benzene rings is 1. The zero-order valence-electron chi connectivity index (χ0n) is 9.34. The first kappa shape index (κ1) is 10.9. The summed E-state index contributed by atoms with van der Waals surface area (Å²) >= 11 is 0. The molecule has 0 bridgehead atoms. The van der Waals surface area contributed by atoms with Gasteiger partial charge in [0.05, 0.1) is 12.0 Å². The summed E-state index contributed by atoms with van der Waals surface area (Å²) in [6, 6.07) is 10.5. The molecule has 3 heteroatoms. The zero-order chi connectivity index (χ0) is 11.2. The number of imidazole rings is 1. The Balaban J connectivity index is 1.85. The van der Waals surface area contributed by atoms with Gasteiger partial charge in [-0.25, -0.2) is 4.98 Å². The molecule has 1 heterocycles. The monoisotopic (exact) mass is 215 g/mol. The number of aromatic nitrogens is 2. The van der Waals surface area contributed by atoms with Gasteiger partial charge in [-0.2, -0.15) is 0 Å². The molecule has 2 aromatic rings. The summed E-state index contributed by atoms with van der Waals surface area (Å²) < 4.78 is 2.13. The second-order valence-corrected chi connectivity index (χ2v) is 3.87. The van der Waals surface area contributed by atoms with E-state index in [2.05, 4.69) is 33.8 Å². The van der Waals surface area contributed by atoms with Crippen LogP contribution in [0, 0.1) is 0 Å². The van der Waals surface area contributed by atoms with Crippen LogP contribution in [0.2, 0.25) is 0 Å². The van der Waals surface area contributed by atoms with E-state index >= 15 is 0 Å². The minimum atomic E-state index is 0.561. The van der Waals surface area contributed by atoms with Crippen molar-refractivity contribution in [3.8, 4) is 0 Å². The van der Waals surface area contributed by atoms with Gasteiger partial charge in [-0.15, -0.1) is 0 Å². The molecule has 2 rings (SSSR count). The molecule has 1 aromatic heterocycles. The first-order valence-corrected chi connectivity index (χ1v) is 5.63. The van der Waals surface area contributed by atoms with Gasteiger partial charge >= 0.3 is 0 Å². The molecule has 2 N–H and O–H groups in total. The van der Waals surface area contributed by atoms with Gasteiger partial charge in [0, 0.05) is 19.3 Å². The third kappa shape index (κ3) is 2.70. The summed E-state index contributed by atoms with van der Waals surface area (Å²) in [6.07, 6.45) is 5.91. The molecule has 84 valence electrons. The van der Waals surface area contributed by atoms with Gasteiger partial charge in [0.15, 0.2) is 0 Å². The predicted molar refractivity (Wildman–Crippen MR) is 64.9 cm³/mol. The lowest BCUT2D eigenvalue weighted by Crippen LogP contribution is -2.07. The Kier molecular flexibility index (Phi) is 3.72. The average molecular weight is 215 g/mol. The average Bonchev–Trinajstić information content (AvgIpc) is 2.78. The maximum Gasteiger partial charge on any atom is 0.0948 e. The van der Waals surface area contributed by atoms with Gasteiger partial charge in [-0.3, -0.25) is 0 Å². The van der Waals surface area contributed by atoms with Crippen LogP contribution in [-0.4, -0.2) is 9.55 Å². The zero-order valence-corrected chi connectivity index (χ0v) is 9.34. The Hall–Kier alpha value is -1.61. The lowest BCUT2D eigenvalue weighted by Gasteiger charge is -2.06. The molecular weight excluding hydrogens is 198 g/mol. The smallest absolute Gasteiger partial charge is 0.0948 e. The van der Waals surface area contributed by atoms with Crippen molar-refractivity contribution < 1.29 is 0 Å². The number of hydrogen-bond acceptors (Lipinski definition) is 2. The fraction of sp³-hybridized carbons (Fsp3) is 0.308. The standard InChI is InChI=1S/C13H17N3/c14-9-13-10-15-11-16(13)8-4-7-12-5-2-1-3-6-12/h1-3,5-6,10-11H,4,7-9,14H2. The molecular formula is C13H17N3. The van der Waals surface area contributed by atoms with Gasteiger partial charge in [-0.1, -0.05) is 30.3 Å². The van der Waals surface area contributed by atoms with Crippen LogP contribution in [0.5, 0.6) is 0 Å². The number of rotatable bonds is 5. The van der Waals surface area contributed by atoms with E-state index in [1.165, 1.54) is 5.56 Å². The van der Waals surface area contributed by atoms with Gasteiger partial charge in [0.1, 0.15) is 0 Å². The lowest BCUT2D eigenvalue weighted by atomic mass is 10.1. The summed E-state index contributed by atoms with van der Waals surface area (Å²) in [5, 5.41) is 0. The highest BCUT2D eigenvalue weighted by molar-refractivity contribution is 5.14. The van der Waals surface area contributed by atoms with Gasteiger partial charge < -0.3 is 10.3 Å². The highest BCUT2D eigenvalue weighted by Gasteiger charge is 1.99. The molecule has 0 unspecified atom stereocenters. The van der Waals surface area contributed by atoms with Gasteiger partial charge in [0.2, 0.25) is 0 Å². The van der Waals surface area contributed by atoms with Crippen molar-refractivity contribution in [2.45, 2.75) is 25.9 Å². The number of aryl methyl sites for hydroxylation is 2. The van der Waals surface area contributed by atoms with E-state index in [1.54, 1.807) is 0 Å². The maximum absolute atomic E-state index is 5.62. The highest BCUT2D eigenvalue weighted by Crippen LogP contribution is 2.05. The largest absolute Gasteiger partial charge is 0.333 e. The second-order valence-electron chi connectivity index (χ2n) is 3.87. The third-order valence-electron chi connectivity index (χ3n) is 2.71. The normalized spacial score (nSPS) is 10.6. The summed E-state index contributed by atoms with van der Waals surface area (Å²) in [5.41, 5.74) is 8.11. The minimum Gasteiger partial charge on any atom is -0.333 e. The number of nitrogens with zero attached hydrogens (tertiary/aromatic N) is 2. The van der Waals surface area contributed by atoms with Crippen LogP contribution in [0.4, 0.5) is 0 Å². The van der Waals surface area contributed by atoms with Crippen molar-refractivity contribution in [1.82, 2.24) is 9.55 Å². The summed E-state index contributed by atoms with van der Waals surface area (Å²) in [4.78, 5) is 4.10. The van der Waals surface area contributed by atoms with E-state index < -0.39 is 0 Å². The number of hydrogen-bond donors (Lipinski definition) is 1. The summed E-state index contributed by atoms with van der Waals surface area (Å²) in [5.74, 6) is 0. The van der Waals surface area contributed by atoms with Gasteiger partial charge in [0.25, 0.3) is 0 Å². The maximum atomic E-state index is 5.62. The molecule has 0 aliphatic carbocycles. The summed E-state index contributed by atoms with van der Waals surface area (Å²) in [6.45, 7) is 1.55. The predicted octanol–water partition coefficient (Wildman–Crippen LogP) is 1.97. The Morgan fingerprint density at radius 1 is 1.19 bits per heavy atom. The fourth-order valence-corrected chi connectivity index (χ4v) is 1.82. The Morgan fingerprint density at radius 2 is 2.00 bits per heavy atom. The molecule has 0 aliphatic rings. The van der Waals surface area contributed by atoms with Crippen LogP contribution in [0.15, 0.2) is 42.9 Å². The van der Waals surface area contributed by atoms with E-state index in [9.17, 15) is 0 Å².